The first kappa shape index (κ1) is 10.7. The van der Waals surface area contributed by atoms with Crippen molar-refractivity contribution in [1.82, 2.24) is 9.97 Å². The van der Waals surface area contributed by atoms with Crippen LogP contribution in [0.2, 0.25) is 0 Å². The van der Waals surface area contributed by atoms with Crippen LogP contribution in [0, 0.1) is 6.92 Å². The third-order valence-corrected chi connectivity index (χ3v) is 2.96. The van der Waals surface area contributed by atoms with Crippen LogP contribution in [0.25, 0.3) is 22.1 Å². The average molecular weight is 237 g/mol. The van der Waals surface area contributed by atoms with Crippen LogP contribution >= 0.6 is 0 Å². The number of rotatable bonds is 1. The van der Waals surface area contributed by atoms with Crippen LogP contribution in [0.1, 0.15) is 15.9 Å². The van der Waals surface area contributed by atoms with E-state index >= 15 is 0 Å². The van der Waals surface area contributed by atoms with E-state index in [2.05, 4.69) is 9.97 Å². The second-order valence-electron chi connectivity index (χ2n) is 4.20. The maximum Gasteiger partial charge on any atom is 0.250 e. The van der Waals surface area contributed by atoms with Crippen LogP contribution in [0.3, 0.4) is 0 Å². The highest BCUT2D eigenvalue weighted by molar-refractivity contribution is 6.05. The first-order valence-corrected chi connectivity index (χ1v) is 5.63. The highest BCUT2D eigenvalue weighted by atomic mass is 16.1. The number of carbonyl (C=O) groups is 1. The van der Waals surface area contributed by atoms with Gasteiger partial charge >= 0.3 is 0 Å². The predicted octanol–water partition coefficient (Wildman–Crippen LogP) is 2.19. The summed E-state index contributed by atoms with van der Waals surface area (Å²) in [4.78, 5) is 20.4. The molecule has 0 fully saturated rings. The summed E-state index contributed by atoms with van der Waals surface area (Å²) in [5.41, 5.74) is 9.69. The largest absolute Gasteiger partial charge is 0.366 e. The van der Waals surface area contributed by atoms with Crippen LogP contribution in [-0.4, -0.2) is 15.9 Å². The van der Waals surface area contributed by atoms with Gasteiger partial charge in [0.25, 0.3) is 5.91 Å². The van der Waals surface area contributed by atoms with Gasteiger partial charge in [-0.05, 0) is 30.7 Å². The van der Waals surface area contributed by atoms with E-state index in [1.807, 2.05) is 31.2 Å². The van der Waals surface area contributed by atoms with E-state index in [-0.39, 0.29) is 0 Å². The van der Waals surface area contributed by atoms with Gasteiger partial charge in [-0.2, -0.15) is 0 Å². The zero-order valence-corrected chi connectivity index (χ0v) is 9.84. The smallest absolute Gasteiger partial charge is 0.250 e. The van der Waals surface area contributed by atoms with E-state index in [9.17, 15) is 4.79 Å². The van der Waals surface area contributed by atoms with Gasteiger partial charge in [-0.15, -0.1) is 0 Å². The fourth-order valence-corrected chi connectivity index (χ4v) is 2.06. The number of hydrogen-bond donors (Lipinski definition) is 1. The molecular formula is C14H11N3O. The molecule has 2 N–H and O–H groups in total. The van der Waals surface area contributed by atoms with E-state index in [1.54, 1.807) is 12.1 Å². The molecular weight excluding hydrogens is 226 g/mol. The van der Waals surface area contributed by atoms with Crippen molar-refractivity contribution in [3.05, 3.63) is 47.5 Å². The molecule has 0 bridgehead atoms. The second kappa shape index (κ2) is 3.77. The Hall–Kier alpha value is -2.49. The van der Waals surface area contributed by atoms with Crippen LogP contribution in [-0.2, 0) is 0 Å². The predicted molar refractivity (Wildman–Crippen MR) is 70.3 cm³/mol. The molecule has 1 heterocycles. The van der Waals surface area contributed by atoms with Crippen LogP contribution in [0.15, 0.2) is 36.4 Å². The molecule has 1 aromatic heterocycles. The van der Waals surface area contributed by atoms with E-state index in [0.29, 0.717) is 16.6 Å². The molecule has 0 aliphatic carbocycles. The number of carbonyl (C=O) groups excluding carboxylic acids is 1. The van der Waals surface area contributed by atoms with E-state index < -0.39 is 5.91 Å². The van der Waals surface area contributed by atoms with Gasteiger partial charge in [-0.3, -0.25) is 4.79 Å². The Kier molecular flexibility index (Phi) is 2.23. The molecule has 2 aromatic carbocycles. The molecule has 0 aliphatic heterocycles. The van der Waals surface area contributed by atoms with Crippen molar-refractivity contribution in [2.75, 3.05) is 0 Å². The quantitative estimate of drug-likeness (QED) is 0.659. The van der Waals surface area contributed by atoms with E-state index in [1.165, 1.54) is 0 Å². The van der Waals surface area contributed by atoms with Gasteiger partial charge < -0.3 is 5.73 Å². The molecule has 18 heavy (non-hydrogen) atoms. The summed E-state index contributed by atoms with van der Waals surface area (Å²) in [7, 11) is 0. The number of amides is 1. The first-order valence-electron chi connectivity index (χ1n) is 5.63. The van der Waals surface area contributed by atoms with Gasteiger partial charge in [-0.25, -0.2) is 9.97 Å². The number of nitrogens with two attached hydrogens (primary N) is 1. The summed E-state index contributed by atoms with van der Waals surface area (Å²) in [5.74, 6) is -0.484. The lowest BCUT2D eigenvalue weighted by Crippen LogP contribution is -2.12. The highest BCUT2D eigenvalue weighted by Crippen LogP contribution is 2.21. The number of nitrogens with zero attached hydrogens (tertiary/aromatic N) is 2. The molecule has 1 amide bonds. The third kappa shape index (κ3) is 1.50. The zero-order valence-electron chi connectivity index (χ0n) is 9.84. The average Bonchev–Trinajstić information content (AvgIpc) is 2.36. The van der Waals surface area contributed by atoms with Crippen molar-refractivity contribution in [1.29, 1.82) is 0 Å². The van der Waals surface area contributed by atoms with Gasteiger partial charge in [0.15, 0.2) is 0 Å². The minimum Gasteiger partial charge on any atom is -0.366 e. The third-order valence-electron chi connectivity index (χ3n) is 2.96. The molecule has 0 aliphatic rings. The van der Waals surface area contributed by atoms with Crippen molar-refractivity contribution in [3.63, 3.8) is 0 Å². The molecule has 88 valence electrons. The van der Waals surface area contributed by atoms with Crippen LogP contribution in [0.5, 0.6) is 0 Å². The zero-order chi connectivity index (χ0) is 12.7. The molecule has 0 saturated carbocycles. The van der Waals surface area contributed by atoms with Gasteiger partial charge in [-0.1, -0.05) is 18.2 Å². The lowest BCUT2D eigenvalue weighted by Gasteiger charge is -2.05. The Balaban J connectivity index is 2.49. The fraction of sp³-hybridized carbons (Fsp3) is 0.0714. The molecule has 3 rings (SSSR count). The molecule has 4 nitrogen and oxygen atoms in total. The number of hydrogen-bond acceptors (Lipinski definition) is 3. The molecule has 3 aromatic rings. The fourth-order valence-electron chi connectivity index (χ4n) is 2.06. The summed E-state index contributed by atoms with van der Waals surface area (Å²) in [5, 5.41) is 0. The van der Waals surface area contributed by atoms with Crippen molar-refractivity contribution in [2.24, 2.45) is 5.73 Å². The summed E-state index contributed by atoms with van der Waals surface area (Å²) >= 11 is 0. The lowest BCUT2D eigenvalue weighted by molar-refractivity contribution is 0.100. The Morgan fingerprint density at radius 1 is 1.00 bits per heavy atom. The lowest BCUT2D eigenvalue weighted by atomic mass is 10.1. The van der Waals surface area contributed by atoms with Crippen molar-refractivity contribution >= 4 is 28.0 Å². The number of aryl methyl sites for hydroxylation is 1. The van der Waals surface area contributed by atoms with Crippen LogP contribution < -0.4 is 5.73 Å². The standard InChI is InChI=1S/C14H11N3O/c1-8-4-2-6-10-12(8)16-11-7-3-5-9(14(15)18)13(11)17-10/h2-7H,1H3,(H2,15,18). The number of para-hydroxylation sites is 2. The van der Waals surface area contributed by atoms with E-state index in [0.717, 1.165) is 16.6 Å². The van der Waals surface area contributed by atoms with Crippen molar-refractivity contribution in [3.8, 4) is 0 Å². The minimum atomic E-state index is -0.484. The summed E-state index contributed by atoms with van der Waals surface area (Å²) in [6, 6.07) is 11.1. The molecule has 4 heteroatoms. The number of primary amides is 1. The maximum atomic E-state index is 11.4. The summed E-state index contributed by atoms with van der Waals surface area (Å²) in [6.45, 7) is 1.99. The SMILES string of the molecule is Cc1cccc2nc3c(C(N)=O)cccc3nc12. The highest BCUT2D eigenvalue weighted by Gasteiger charge is 2.10. The molecule has 0 atom stereocenters. The molecule has 0 unspecified atom stereocenters. The van der Waals surface area contributed by atoms with Gasteiger partial charge in [0.05, 0.1) is 22.1 Å². The summed E-state index contributed by atoms with van der Waals surface area (Å²) < 4.78 is 0. The van der Waals surface area contributed by atoms with Gasteiger partial charge in [0.2, 0.25) is 0 Å². The van der Waals surface area contributed by atoms with Crippen molar-refractivity contribution in [2.45, 2.75) is 6.92 Å². The Bertz CT molecular complexity index is 780. The first-order chi connectivity index (χ1) is 8.66. The summed E-state index contributed by atoms with van der Waals surface area (Å²) in [6.07, 6.45) is 0. The number of aromatic nitrogens is 2. The maximum absolute atomic E-state index is 11.4. The van der Waals surface area contributed by atoms with Crippen molar-refractivity contribution < 1.29 is 4.79 Å². The van der Waals surface area contributed by atoms with Gasteiger partial charge in [0, 0.05) is 0 Å². The minimum absolute atomic E-state index is 0.406. The van der Waals surface area contributed by atoms with E-state index in [4.69, 9.17) is 5.73 Å². The van der Waals surface area contributed by atoms with Gasteiger partial charge in [0.1, 0.15) is 5.52 Å². The normalized spacial score (nSPS) is 10.9. The molecule has 0 spiro atoms. The monoisotopic (exact) mass is 237 g/mol. The van der Waals surface area contributed by atoms with Crippen LogP contribution in [0.4, 0.5) is 0 Å². The Morgan fingerprint density at radius 3 is 2.33 bits per heavy atom. The Labute approximate surface area is 103 Å². The second-order valence-corrected chi connectivity index (χ2v) is 4.20. The Morgan fingerprint density at radius 2 is 1.61 bits per heavy atom. The number of fused-ring (bicyclic) bond motifs is 2. The molecule has 0 saturated heterocycles. The topological polar surface area (TPSA) is 68.9 Å². The molecule has 0 radical (unpaired) electrons. The number of benzene rings is 2.